The van der Waals surface area contributed by atoms with E-state index in [1.165, 1.54) is 19.4 Å². The fourth-order valence-corrected chi connectivity index (χ4v) is 3.29. The lowest BCUT2D eigenvalue weighted by Crippen LogP contribution is -2.60. The third-order valence-electron chi connectivity index (χ3n) is 4.91. The lowest BCUT2D eigenvalue weighted by Gasteiger charge is -2.43. The lowest BCUT2D eigenvalue weighted by atomic mass is 9.98. The maximum absolute atomic E-state index is 5.77. The quantitative estimate of drug-likeness (QED) is 0.807. The van der Waals surface area contributed by atoms with Crippen LogP contribution in [0.2, 0.25) is 0 Å². The van der Waals surface area contributed by atoms with Gasteiger partial charge in [0.05, 0.1) is 6.61 Å². The zero-order chi connectivity index (χ0) is 12.6. The highest BCUT2D eigenvalue weighted by molar-refractivity contribution is 4.97. The van der Waals surface area contributed by atoms with Crippen LogP contribution in [0.4, 0.5) is 0 Å². The van der Waals surface area contributed by atoms with Gasteiger partial charge in [-0.25, -0.2) is 0 Å². The van der Waals surface area contributed by atoms with Crippen molar-refractivity contribution in [2.75, 3.05) is 40.0 Å². The van der Waals surface area contributed by atoms with E-state index < -0.39 is 0 Å². The third-order valence-corrected chi connectivity index (χ3v) is 4.91. The number of ether oxygens (including phenoxy) is 2. The summed E-state index contributed by atoms with van der Waals surface area (Å²) in [5, 5.41) is 3.70. The first-order valence-corrected chi connectivity index (χ1v) is 7.33. The van der Waals surface area contributed by atoms with Gasteiger partial charge in [0.15, 0.2) is 0 Å². The normalized spacial score (nSPS) is 42.3. The molecule has 3 unspecified atom stereocenters. The summed E-state index contributed by atoms with van der Waals surface area (Å²) >= 11 is 0. The topological polar surface area (TPSA) is 33.7 Å². The average Bonchev–Trinajstić information content (AvgIpc) is 3.13. The molecule has 1 saturated carbocycles. The van der Waals surface area contributed by atoms with Crippen LogP contribution in [0.15, 0.2) is 0 Å². The van der Waals surface area contributed by atoms with Crippen LogP contribution in [0.3, 0.4) is 0 Å². The molecule has 3 rings (SSSR count). The summed E-state index contributed by atoms with van der Waals surface area (Å²) in [5.41, 5.74) is -0.0559. The van der Waals surface area contributed by atoms with Gasteiger partial charge < -0.3 is 14.8 Å². The highest BCUT2D eigenvalue weighted by atomic mass is 16.5. The van der Waals surface area contributed by atoms with Crippen LogP contribution in [0.5, 0.6) is 0 Å². The summed E-state index contributed by atoms with van der Waals surface area (Å²) < 4.78 is 11.3. The van der Waals surface area contributed by atoms with Gasteiger partial charge in [0.25, 0.3) is 0 Å². The van der Waals surface area contributed by atoms with Gasteiger partial charge in [-0.1, -0.05) is 0 Å². The van der Waals surface area contributed by atoms with Crippen molar-refractivity contribution in [3.63, 3.8) is 0 Å². The number of nitrogens with zero attached hydrogens (tertiary/aromatic N) is 1. The van der Waals surface area contributed by atoms with E-state index in [2.05, 4.69) is 17.1 Å². The van der Waals surface area contributed by atoms with E-state index in [9.17, 15) is 0 Å². The van der Waals surface area contributed by atoms with E-state index in [1.807, 2.05) is 7.11 Å². The van der Waals surface area contributed by atoms with E-state index in [1.54, 1.807) is 0 Å². The molecule has 0 bridgehead atoms. The molecule has 104 valence electrons. The van der Waals surface area contributed by atoms with Gasteiger partial charge in [0.2, 0.25) is 0 Å². The standard InChI is InChI=1S/C14H26N2O2/c1-11-7-15-13(12-3-4-12)8-16(11)9-14(17-2)5-6-18-10-14/h11-13,15H,3-10H2,1-2H3. The monoisotopic (exact) mass is 254 g/mol. The first-order valence-electron chi connectivity index (χ1n) is 7.33. The van der Waals surface area contributed by atoms with Gasteiger partial charge in [-0.2, -0.15) is 0 Å². The molecule has 4 heteroatoms. The van der Waals surface area contributed by atoms with Crippen molar-refractivity contribution in [1.29, 1.82) is 0 Å². The molecule has 3 atom stereocenters. The Labute approximate surface area is 110 Å². The molecule has 0 spiro atoms. The summed E-state index contributed by atoms with van der Waals surface area (Å²) in [7, 11) is 1.83. The predicted octanol–water partition coefficient (Wildman–Crippen LogP) is 0.864. The second-order valence-electron chi connectivity index (χ2n) is 6.32. The molecule has 0 aromatic heterocycles. The molecule has 2 aliphatic heterocycles. The number of piperazine rings is 1. The molecule has 0 aromatic carbocycles. The number of hydrogen-bond donors (Lipinski definition) is 1. The van der Waals surface area contributed by atoms with Crippen LogP contribution in [0.25, 0.3) is 0 Å². The molecule has 3 fully saturated rings. The predicted molar refractivity (Wildman–Crippen MR) is 70.7 cm³/mol. The smallest absolute Gasteiger partial charge is 0.106 e. The minimum atomic E-state index is -0.0559. The van der Waals surface area contributed by atoms with Gasteiger partial charge in [0, 0.05) is 51.9 Å². The van der Waals surface area contributed by atoms with Gasteiger partial charge >= 0.3 is 0 Å². The van der Waals surface area contributed by atoms with E-state index in [4.69, 9.17) is 9.47 Å². The van der Waals surface area contributed by atoms with Crippen LogP contribution >= 0.6 is 0 Å². The zero-order valence-corrected chi connectivity index (χ0v) is 11.7. The number of rotatable bonds is 4. The van der Waals surface area contributed by atoms with E-state index in [-0.39, 0.29) is 5.60 Å². The fourth-order valence-electron chi connectivity index (χ4n) is 3.29. The Morgan fingerprint density at radius 2 is 2.28 bits per heavy atom. The van der Waals surface area contributed by atoms with Crippen LogP contribution < -0.4 is 5.32 Å². The summed E-state index contributed by atoms with van der Waals surface area (Å²) in [6, 6.07) is 1.31. The molecule has 0 aromatic rings. The van der Waals surface area contributed by atoms with Gasteiger partial charge in [0.1, 0.15) is 5.60 Å². The van der Waals surface area contributed by atoms with Crippen molar-refractivity contribution in [3.05, 3.63) is 0 Å². The van der Waals surface area contributed by atoms with Gasteiger partial charge in [-0.05, 0) is 25.7 Å². The maximum Gasteiger partial charge on any atom is 0.106 e. The molecule has 18 heavy (non-hydrogen) atoms. The Hall–Kier alpha value is -0.160. The number of hydrogen-bond acceptors (Lipinski definition) is 4. The molecule has 1 aliphatic carbocycles. The summed E-state index contributed by atoms with van der Waals surface area (Å²) in [4.78, 5) is 2.61. The Kier molecular flexibility index (Phi) is 3.63. The maximum atomic E-state index is 5.77. The first-order chi connectivity index (χ1) is 8.72. The van der Waals surface area contributed by atoms with Crippen LogP contribution in [0.1, 0.15) is 26.2 Å². The Morgan fingerprint density at radius 3 is 2.89 bits per heavy atom. The van der Waals surface area contributed by atoms with Crippen LogP contribution in [-0.2, 0) is 9.47 Å². The van der Waals surface area contributed by atoms with Crippen molar-refractivity contribution >= 4 is 0 Å². The lowest BCUT2D eigenvalue weighted by molar-refractivity contribution is -0.0540. The average molecular weight is 254 g/mol. The Balaban J connectivity index is 1.62. The molecule has 2 heterocycles. The molecular weight excluding hydrogens is 228 g/mol. The molecule has 3 aliphatic rings. The van der Waals surface area contributed by atoms with Crippen LogP contribution in [-0.4, -0.2) is 62.5 Å². The molecule has 0 radical (unpaired) electrons. The Bertz CT molecular complexity index is 288. The van der Waals surface area contributed by atoms with Crippen molar-refractivity contribution in [2.45, 2.75) is 43.9 Å². The van der Waals surface area contributed by atoms with Crippen molar-refractivity contribution in [2.24, 2.45) is 5.92 Å². The van der Waals surface area contributed by atoms with Crippen molar-refractivity contribution in [1.82, 2.24) is 10.2 Å². The third kappa shape index (κ3) is 2.57. The molecule has 2 saturated heterocycles. The zero-order valence-electron chi connectivity index (χ0n) is 11.7. The summed E-state index contributed by atoms with van der Waals surface area (Å²) in [5.74, 6) is 0.929. The minimum absolute atomic E-state index is 0.0559. The minimum Gasteiger partial charge on any atom is -0.378 e. The van der Waals surface area contributed by atoms with E-state index in [0.717, 1.165) is 38.6 Å². The number of nitrogens with one attached hydrogen (secondary N) is 1. The SMILES string of the molecule is COC1(CN2CC(C3CC3)NCC2C)CCOC1. The van der Waals surface area contributed by atoms with Gasteiger partial charge in [-0.3, -0.25) is 4.90 Å². The summed E-state index contributed by atoms with van der Waals surface area (Å²) in [6.45, 7) is 7.23. The fraction of sp³-hybridized carbons (Fsp3) is 1.00. The highest BCUT2D eigenvalue weighted by Crippen LogP contribution is 2.35. The molecule has 0 amide bonds. The van der Waals surface area contributed by atoms with Crippen molar-refractivity contribution < 1.29 is 9.47 Å². The molecular formula is C14H26N2O2. The molecule has 1 N–H and O–H groups in total. The highest BCUT2D eigenvalue weighted by Gasteiger charge is 2.41. The van der Waals surface area contributed by atoms with Gasteiger partial charge in [-0.15, -0.1) is 0 Å². The van der Waals surface area contributed by atoms with Crippen molar-refractivity contribution in [3.8, 4) is 0 Å². The Morgan fingerprint density at radius 1 is 1.44 bits per heavy atom. The van der Waals surface area contributed by atoms with E-state index in [0.29, 0.717) is 12.1 Å². The van der Waals surface area contributed by atoms with E-state index >= 15 is 0 Å². The first kappa shape index (κ1) is 12.9. The largest absolute Gasteiger partial charge is 0.378 e. The number of methoxy groups -OCH3 is 1. The second kappa shape index (κ2) is 5.08. The van der Waals surface area contributed by atoms with Crippen LogP contribution in [0, 0.1) is 5.92 Å². The molecule has 4 nitrogen and oxygen atoms in total. The second-order valence-corrected chi connectivity index (χ2v) is 6.32. The summed E-state index contributed by atoms with van der Waals surface area (Å²) in [6.07, 6.45) is 3.87.